The molecule has 1 N–H and O–H groups in total. The van der Waals surface area contributed by atoms with E-state index in [1.807, 2.05) is 0 Å². The first kappa shape index (κ1) is 15.9. The van der Waals surface area contributed by atoms with Crippen molar-refractivity contribution < 1.29 is 22.3 Å². The second-order valence-corrected chi connectivity index (χ2v) is 5.45. The largest absolute Gasteiger partial charge is 0.573 e. The monoisotopic (exact) mass is 385 g/mol. The molecule has 21 heavy (non-hydrogen) atoms. The Morgan fingerprint density at radius 1 is 1.38 bits per heavy atom. The Balaban J connectivity index is 2.26. The van der Waals surface area contributed by atoms with Gasteiger partial charge in [0.25, 0.3) is 0 Å². The number of benzene rings is 1. The second-order valence-electron chi connectivity index (χ2n) is 3.87. The summed E-state index contributed by atoms with van der Waals surface area (Å²) >= 11 is 8.82. The Bertz CT molecular complexity index is 633. The van der Waals surface area contributed by atoms with E-state index in [0.717, 1.165) is 6.07 Å². The maximum atomic E-state index is 12.4. The van der Waals surface area contributed by atoms with Crippen molar-refractivity contribution in [2.45, 2.75) is 18.7 Å². The number of nitrogens with one attached hydrogen (secondary N) is 1. The van der Waals surface area contributed by atoms with E-state index in [4.69, 9.17) is 16.0 Å². The number of rotatable bonds is 4. The number of hydrogen-bond acceptors (Lipinski definition) is 5. The zero-order chi connectivity index (χ0) is 15.6. The quantitative estimate of drug-likeness (QED) is 0.767. The number of halogens is 5. The van der Waals surface area contributed by atoms with E-state index in [1.165, 1.54) is 12.1 Å². The fourth-order valence-electron chi connectivity index (χ4n) is 1.37. The van der Waals surface area contributed by atoms with Crippen molar-refractivity contribution in [2.24, 2.45) is 0 Å². The smallest absolute Gasteiger partial charge is 0.406 e. The fourth-order valence-corrected chi connectivity index (χ4v) is 1.80. The lowest BCUT2D eigenvalue weighted by molar-refractivity contribution is -0.274. The van der Waals surface area contributed by atoms with Gasteiger partial charge in [0.1, 0.15) is 5.38 Å². The van der Waals surface area contributed by atoms with Crippen LogP contribution in [0.15, 0.2) is 27.1 Å². The zero-order valence-corrected chi connectivity index (χ0v) is 12.8. The lowest BCUT2D eigenvalue weighted by atomic mass is 10.3. The second kappa shape index (κ2) is 6.10. The molecular formula is C11H8BrClF3N3O2. The van der Waals surface area contributed by atoms with Crippen molar-refractivity contribution in [3.8, 4) is 5.75 Å². The van der Waals surface area contributed by atoms with Gasteiger partial charge in [-0.3, -0.25) is 0 Å². The van der Waals surface area contributed by atoms with Crippen LogP contribution in [0.25, 0.3) is 0 Å². The minimum absolute atomic E-state index is 0.0213. The Kier molecular flexibility index (Phi) is 4.62. The van der Waals surface area contributed by atoms with Gasteiger partial charge in [-0.1, -0.05) is 21.0 Å². The molecule has 0 saturated heterocycles. The molecule has 0 saturated carbocycles. The van der Waals surface area contributed by atoms with Gasteiger partial charge in [0.2, 0.25) is 5.89 Å². The maximum Gasteiger partial charge on any atom is 0.573 e. The highest BCUT2D eigenvalue weighted by Gasteiger charge is 2.32. The lowest BCUT2D eigenvalue weighted by Gasteiger charge is -2.13. The molecule has 1 heterocycles. The van der Waals surface area contributed by atoms with E-state index in [1.54, 1.807) is 6.92 Å². The fraction of sp³-hybridized carbons (Fsp3) is 0.273. The van der Waals surface area contributed by atoms with Crippen LogP contribution in [-0.4, -0.2) is 16.6 Å². The summed E-state index contributed by atoms with van der Waals surface area (Å²) in [5, 5.41) is 9.32. The number of ether oxygens (including phenoxy) is 1. The van der Waals surface area contributed by atoms with Crippen LogP contribution < -0.4 is 10.1 Å². The molecular weight excluding hydrogens is 378 g/mol. The van der Waals surface area contributed by atoms with Crippen LogP contribution in [0.5, 0.6) is 5.75 Å². The highest BCUT2D eigenvalue weighted by molar-refractivity contribution is 9.10. The first-order valence-corrected chi connectivity index (χ1v) is 6.77. The van der Waals surface area contributed by atoms with Gasteiger partial charge in [-0.05, 0) is 25.1 Å². The van der Waals surface area contributed by atoms with Crippen molar-refractivity contribution in [2.75, 3.05) is 5.32 Å². The Labute approximate surface area is 130 Å². The number of alkyl halides is 4. The molecule has 0 amide bonds. The number of anilines is 2. The van der Waals surface area contributed by atoms with Crippen molar-refractivity contribution in [1.82, 2.24) is 10.2 Å². The minimum Gasteiger partial charge on any atom is -0.406 e. The molecule has 1 aromatic carbocycles. The zero-order valence-electron chi connectivity index (χ0n) is 10.4. The molecule has 0 aliphatic heterocycles. The van der Waals surface area contributed by atoms with E-state index in [0.29, 0.717) is 4.47 Å². The van der Waals surface area contributed by atoms with Gasteiger partial charge in [0.05, 0.1) is 5.69 Å². The van der Waals surface area contributed by atoms with Gasteiger partial charge in [-0.25, -0.2) is 0 Å². The molecule has 0 bridgehead atoms. The third kappa shape index (κ3) is 4.50. The third-order valence-electron chi connectivity index (χ3n) is 2.19. The van der Waals surface area contributed by atoms with E-state index >= 15 is 0 Å². The van der Waals surface area contributed by atoms with Gasteiger partial charge in [-0.2, -0.15) is 0 Å². The van der Waals surface area contributed by atoms with E-state index in [-0.39, 0.29) is 17.6 Å². The molecule has 2 rings (SSSR count). The van der Waals surface area contributed by atoms with Crippen LogP contribution in [0.1, 0.15) is 18.2 Å². The van der Waals surface area contributed by atoms with Crippen LogP contribution >= 0.6 is 27.5 Å². The minimum atomic E-state index is -4.82. The average Bonchev–Trinajstić information content (AvgIpc) is 2.79. The Morgan fingerprint density at radius 3 is 2.67 bits per heavy atom. The number of hydrogen-bond donors (Lipinski definition) is 1. The van der Waals surface area contributed by atoms with Gasteiger partial charge >= 0.3 is 12.4 Å². The van der Waals surface area contributed by atoms with Crippen molar-refractivity contribution >= 4 is 39.2 Å². The summed E-state index contributed by atoms with van der Waals surface area (Å²) in [4.78, 5) is 0. The number of aromatic nitrogens is 2. The van der Waals surface area contributed by atoms with Crippen LogP contribution in [-0.2, 0) is 0 Å². The summed E-state index contributed by atoms with van der Waals surface area (Å²) in [6, 6.07) is 3.98. The molecule has 5 nitrogen and oxygen atoms in total. The number of nitrogens with zero attached hydrogens (tertiary/aromatic N) is 2. The summed E-state index contributed by atoms with van der Waals surface area (Å²) in [5.41, 5.74) is 0.0213. The van der Waals surface area contributed by atoms with Crippen LogP contribution in [0.3, 0.4) is 0 Å². The van der Waals surface area contributed by atoms with Gasteiger partial charge in [0, 0.05) is 4.47 Å². The summed E-state index contributed by atoms with van der Waals surface area (Å²) in [6.45, 7) is 1.62. The SMILES string of the molecule is CC(Cl)c1nnc(Nc2ccc(Br)cc2OC(F)(F)F)o1. The normalized spacial score (nSPS) is 13.0. The average molecular weight is 387 g/mol. The van der Waals surface area contributed by atoms with Gasteiger partial charge < -0.3 is 14.5 Å². The van der Waals surface area contributed by atoms with E-state index in [9.17, 15) is 13.2 Å². The van der Waals surface area contributed by atoms with Crippen molar-refractivity contribution in [3.63, 3.8) is 0 Å². The van der Waals surface area contributed by atoms with Crippen LogP contribution in [0.4, 0.5) is 24.9 Å². The van der Waals surface area contributed by atoms with E-state index < -0.39 is 17.5 Å². The van der Waals surface area contributed by atoms with Crippen molar-refractivity contribution in [1.29, 1.82) is 0 Å². The Hall–Kier alpha value is -1.48. The molecule has 0 radical (unpaired) electrons. The molecule has 10 heteroatoms. The standard InChI is InChI=1S/C11H8BrClF3N3O2/c1-5(13)9-18-19-10(20-9)17-7-3-2-6(12)4-8(7)21-11(14,15)16/h2-5H,1H3,(H,17,19). The van der Waals surface area contributed by atoms with Crippen LogP contribution in [0.2, 0.25) is 0 Å². The highest BCUT2D eigenvalue weighted by atomic mass is 79.9. The first-order valence-electron chi connectivity index (χ1n) is 5.54. The summed E-state index contributed by atoms with van der Waals surface area (Å²) in [6.07, 6.45) is -4.82. The molecule has 114 valence electrons. The maximum absolute atomic E-state index is 12.4. The predicted octanol–water partition coefficient (Wildman–Crippen LogP) is 4.77. The molecule has 1 aromatic heterocycles. The van der Waals surface area contributed by atoms with Gasteiger partial charge in [0.15, 0.2) is 5.75 Å². The molecule has 1 atom stereocenters. The van der Waals surface area contributed by atoms with Crippen LogP contribution in [0, 0.1) is 0 Å². The predicted molar refractivity (Wildman–Crippen MR) is 72.7 cm³/mol. The topological polar surface area (TPSA) is 60.2 Å². The lowest BCUT2D eigenvalue weighted by Crippen LogP contribution is -2.18. The summed E-state index contributed by atoms with van der Waals surface area (Å²) in [5.74, 6) is -0.287. The highest BCUT2D eigenvalue weighted by Crippen LogP contribution is 2.34. The molecule has 0 aliphatic carbocycles. The molecule has 2 aromatic rings. The molecule has 0 aliphatic rings. The molecule has 0 spiro atoms. The summed E-state index contributed by atoms with van der Waals surface area (Å²) < 4.78 is 46.6. The summed E-state index contributed by atoms with van der Waals surface area (Å²) in [7, 11) is 0. The first-order chi connectivity index (χ1) is 9.74. The van der Waals surface area contributed by atoms with Crippen molar-refractivity contribution in [3.05, 3.63) is 28.6 Å². The molecule has 1 unspecified atom stereocenters. The Morgan fingerprint density at radius 2 is 2.10 bits per heavy atom. The van der Waals surface area contributed by atoms with Gasteiger partial charge in [-0.15, -0.1) is 29.9 Å². The van der Waals surface area contributed by atoms with E-state index in [2.05, 4.69) is 36.2 Å². The molecule has 0 fully saturated rings. The third-order valence-corrected chi connectivity index (χ3v) is 2.87.